The normalized spacial score (nSPS) is 11.7. The number of nitrogens with zero attached hydrogens (tertiary/aromatic N) is 2. The predicted molar refractivity (Wildman–Crippen MR) is 84.7 cm³/mol. The highest BCUT2D eigenvalue weighted by atomic mass is 16.5. The highest BCUT2D eigenvalue weighted by molar-refractivity contribution is 5.91. The van der Waals surface area contributed by atoms with Gasteiger partial charge in [0.25, 0.3) is 5.91 Å². The van der Waals surface area contributed by atoms with Crippen molar-refractivity contribution in [2.75, 3.05) is 5.32 Å². The maximum atomic E-state index is 11.1. The monoisotopic (exact) mass is 300 g/mol. The van der Waals surface area contributed by atoms with E-state index in [0.717, 1.165) is 17.7 Å². The molecule has 0 spiro atoms. The third-order valence-corrected chi connectivity index (χ3v) is 3.21. The van der Waals surface area contributed by atoms with Crippen LogP contribution in [0.4, 0.5) is 5.69 Å². The molecule has 116 valence electrons. The van der Waals surface area contributed by atoms with Crippen molar-refractivity contribution in [3.8, 4) is 5.88 Å². The van der Waals surface area contributed by atoms with Crippen LogP contribution in [0.5, 0.6) is 5.88 Å². The van der Waals surface area contributed by atoms with Crippen LogP contribution < -0.4 is 15.8 Å². The minimum atomic E-state index is -0.545. The second-order valence-electron chi connectivity index (χ2n) is 4.99. The fraction of sp³-hybridized carbons (Fsp3) is 0.312. The van der Waals surface area contributed by atoms with Crippen LogP contribution in [0.3, 0.4) is 0 Å². The summed E-state index contributed by atoms with van der Waals surface area (Å²) in [4.78, 5) is 19.2. The number of hydrogen-bond acceptors (Lipinski definition) is 5. The second-order valence-corrected chi connectivity index (χ2v) is 4.99. The lowest BCUT2D eigenvalue weighted by atomic mass is 10.2. The Morgan fingerprint density at radius 1 is 1.32 bits per heavy atom. The van der Waals surface area contributed by atoms with Crippen molar-refractivity contribution in [3.63, 3.8) is 0 Å². The highest BCUT2D eigenvalue weighted by Crippen LogP contribution is 2.14. The molecule has 2 aromatic heterocycles. The van der Waals surface area contributed by atoms with Gasteiger partial charge >= 0.3 is 0 Å². The number of carbonyl (C=O) groups excluding carboxylic acids is 1. The van der Waals surface area contributed by atoms with E-state index in [2.05, 4.69) is 22.2 Å². The smallest absolute Gasteiger partial charge is 0.267 e. The predicted octanol–water partition coefficient (Wildman–Crippen LogP) is 2.36. The van der Waals surface area contributed by atoms with Gasteiger partial charge in [0.2, 0.25) is 5.88 Å². The van der Waals surface area contributed by atoms with Crippen LogP contribution >= 0.6 is 0 Å². The highest BCUT2D eigenvalue weighted by Gasteiger charge is 2.05. The molecule has 6 heteroatoms. The Bertz CT molecular complexity index is 646. The number of hydrogen-bond donors (Lipinski definition) is 2. The van der Waals surface area contributed by atoms with Crippen LogP contribution in [0.2, 0.25) is 0 Å². The van der Waals surface area contributed by atoms with Crippen molar-refractivity contribution in [1.29, 1.82) is 0 Å². The number of pyridine rings is 2. The molecule has 0 radical (unpaired) electrons. The molecule has 0 aliphatic rings. The van der Waals surface area contributed by atoms with Gasteiger partial charge in [0.15, 0.2) is 0 Å². The van der Waals surface area contributed by atoms with E-state index < -0.39 is 5.91 Å². The number of ether oxygens (including phenoxy) is 1. The SMILES string of the molecule is CCC(C)Oc1cc(CNc2ccnc(C(N)=O)c2)ccn1. The molecule has 22 heavy (non-hydrogen) atoms. The summed E-state index contributed by atoms with van der Waals surface area (Å²) in [5.74, 6) is 0.0676. The molecular formula is C16H20N4O2. The van der Waals surface area contributed by atoms with Crippen molar-refractivity contribution < 1.29 is 9.53 Å². The largest absolute Gasteiger partial charge is 0.475 e. The summed E-state index contributed by atoms with van der Waals surface area (Å²) in [5.41, 5.74) is 7.27. The van der Waals surface area contributed by atoms with Crippen LogP contribution in [0.25, 0.3) is 0 Å². The van der Waals surface area contributed by atoms with Gasteiger partial charge in [0.1, 0.15) is 5.69 Å². The lowest BCUT2D eigenvalue weighted by molar-refractivity contribution is 0.0995. The number of anilines is 1. The van der Waals surface area contributed by atoms with Crippen molar-refractivity contribution >= 4 is 11.6 Å². The Morgan fingerprint density at radius 3 is 2.82 bits per heavy atom. The van der Waals surface area contributed by atoms with Crippen molar-refractivity contribution in [2.24, 2.45) is 5.73 Å². The lowest BCUT2D eigenvalue weighted by Crippen LogP contribution is -2.13. The van der Waals surface area contributed by atoms with Crippen LogP contribution in [-0.2, 0) is 6.54 Å². The first-order valence-corrected chi connectivity index (χ1v) is 7.19. The molecule has 1 unspecified atom stereocenters. The van der Waals surface area contributed by atoms with Crippen molar-refractivity contribution in [1.82, 2.24) is 9.97 Å². The molecule has 0 saturated carbocycles. The first-order chi connectivity index (χ1) is 10.6. The van der Waals surface area contributed by atoms with Crippen molar-refractivity contribution in [3.05, 3.63) is 47.9 Å². The van der Waals surface area contributed by atoms with Gasteiger partial charge in [-0.25, -0.2) is 4.98 Å². The van der Waals surface area contributed by atoms with Gasteiger partial charge in [0, 0.05) is 30.7 Å². The van der Waals surface area contributed by atoms with Crippen LogP contribution in [0.15, 0.2) is 36.7 Å². The Hall–Kier alpha value is -2.63. The van der Waals surface area contributed by atoms with E-state index in [0.29, 0.717) is 12.4 Å². The molecule has 0 aliphatic heterocycles. The van der Waals surface area contributed by atoms with E-state index in [1.165, 1.54) is 0 Å². The number of aromatic nitrogens is 2. The van der Waals surface area contributed by atoms with E-state index in [-0.39, 0.29) is 11.8 Å². The van der Waals surface area contributed by atoms with Gasteiger partial charge < -0.3 is 15.8 Å². The van der Waals surface area contributed by atoms with E-state index in [1.54, 1.807) is 24.5 Å². The fourth-order valence-corrected chi connectivity index (χ4v) is 1.79. The summed E-state index contributed by atoms with van der Waals surface area (Å²) in [5, 5.41) is 3.22. The minimum Gasteiger partial charge on any atom is -0.475 e. The lowest BCUT2D eigenvalue weighted by Gasteiger charge is -2.12. The fourth-order valence-electron chi connectivity index (χ4n) is 1.79. The second kappa shape index (κ2) is 7.40. The third-order valence-electron chi connectivity index (χ3n) is 3.21. The first-order valence-electron chi connectivity index (χ1n) is 7.19. The topological polar surface area (TPSA) is 90.1 Å². The zero-order valence-electron chi connectivity index (χ0n) is 12.7. The Morgan fingerprint density at radius 2 is 2.09 bits per heavy atom. The molecule has 0 fully saturated rings. The van der Waals surface area contributed by atoms with E-state index >= 15 is 0 Å². The van der Waals surface area contributed by atoms with Gasteiger partial charge in [-0.3, -0.25) is 9.78 Å². The molecule has 2 heterocycles. The number of primary amides is 1. The third kappa shape index (κ3) is 4.44. The number of rotatable bonds is 7. The van der Waals surface area contributed by atoms with Gasteiger partial charge in [-0.15, -0.1) is 0 Å². The molecule has 0 aromatic carbocycles. The molecule has 2 aromatic rings. The summed E-state index contributed by atoms with van der Waals surface area (Å²) in [6, 6.07) is 7.21. The number of nitrogens with one attached hydrogen (secondary N) is 1. The van der Waals surface area contributed by atoms with E-state index in [1.807, 2.05) is 19.1 Å². The number of nitrogens with two attached hydrogens (primary N) is 1. The maximum Gasteiger partial charge on any atom is 0.267 e. The summed E-state index contributed by atoms with van der Waals surface area (Å²) in [6.45, 7) is 4.66. The van der Waals surface area contributed by atoms with Crippen LogP contribution in [-0.4, -0.2) is 22.0 Å². The standard InChI is InChI=1S/C16H20N4O2/c1-3-11(2)22-15-8-12(4-6-19-15)10-20-13-5-7-18-14(9-13)16(17)21/h4-9,11H,3,10H2,1-2H3,(H2,17,21)(H,18,20). The Balaban J connectivity index is 2.01. The number of amides is 1. The zero-order chi connectivity index (χ0) is 15.9. The average molecular weight is 300 g/mol. The molecule has 2 rings (SSSR count). The Labute approximate surface area is 129 Å². The summed E-state index contributed by atoms with van der Waals surface area (Å²) in [7, 11) is 0. The quantitative estimate of drug-likeness (QED) is 0.819. The van der Waals surface area contributed by atoms with Crippen molar-refractivity contribution in [2.45, 2.75) is 32.9 Å². The summed E-state index contributed by atoms with van der Waals surface area (Å²) >= 11 is 0. The summed E-state index contributed by atoms with van der Waals surface area (Å²) in [6.07, 6.45) is 4.33. The van der Waals surface area contributed by atoms with Gasteiger partial charge in [0.05, 0.1) is 6.10 Å². The molecule has 0 saturated heterocycles. The molecule has 1 amide bonds. The Kier molecular flexibility index (Phi) is 5.30. The average Bonchev–Trinajstić information content (AvgIpc) is 2.53. The maximum absolute atomic E-state index is 11.1. The van der Waals surface area contributed by atoms with Crippen LogP contribution in [0, 0.1) is 0 Å². The molecule has 0 bridgehead atoms. The minimum absolute atomic E-state index is 0.133. The van der Waals surface area contributed by atoms with E-state index in [4.69, 9.17) is 10.5 Å². The van der Waals surface area contributed by atoms with Gasteiger partial charge in [-0.2, -0.15) is 0 Å². The van der Waals surface area contributed by atoms with Crippen LogP contribution in [0.1, 0.15) is 36.3 Å². The molecule has 3 N–H and O–H groups in total. The molecule has 6 nitrogen and oxygen atoms in total. The summed E-state index contributed by atoms with van der Waals surface area (Å²) < 4.78 is 5.70. The number of carbonyl (C=O) groups is 1. The van der Waals surface area contributed by atoms with Gasteiger partial charge in [-0.1, -0.05) is 6.92 Å². The first kappa shape index (κ1) is 15.8. The molecular weight excluding hydrogens is 280 g/mol. The molecule has 1 atom stereocenters. The van der Waals surface area contributed by atoms with Gasteiger partial charge in [-0.05, 0) is 37.1 Å². The molecule has 0 aliphatic carbocycles. The zero-order valence-corrected chi connectivity index (χ0v) is 12.7. The van der Waals surface area contributed by atoms with E-state index in [9.17, 15) is 4.79 Å².